The second kappa shape index (κ2) is 8.91. The second-order valence-electron chi connectivity index (χ2n) is 8.90. The molecule has 178 valence electrons. The van der Waals surface area contributed by atoms with Gasteiger partial charge in [-0.05, 0) is 78.7 Å². The average Bonchev–Trinajstić information content (AvgIpc) is 2.87. The molecule has 2 aromatic heterocycles. The van der Waals surface area contributed by atoms with Crippen LogP contribution in [0.4, 0.5) is 0 Å². The van der Waals surface area contributed by atoms with E-state index in [-0.39, 0.29) is 11.5 Å². The van der Waals surface area contributed by atoms with Gasteiger partial charge in [-0.1, -0.05) is 11.6 Å². The Hall–Kier alpha value is -4.13. The summed E-state index contributed by atoms with van der Waals surface area (Å²) in [6.45, 7) is 4.46. The third kappa shape index (κ3) is 3.93. The summed E-state index contributed by atoms with van der Waals surface area (Å²) in [4.78, 5) is 36.1. The summed E-state index contributed by atoms with van der Waals surface area (Å²) < 4.78 is 11.1. The first kappa shape index (κ1) is 22.7. The zero-order chi connectivity index (χ0) is 24.7. The molecule has 0 radical (unpaired) electrons. The number of carbonyl (C=O) groups excluding carboxylic acids is 1. The molecule has 4 aromatic rings. The number of rotatable bonds is 4. The number of aromatic amines is 1. The summed E-state index contributed by atoms with van der Waals surface area (Å²) in [5.41, 5.74) is 5.54. The van der Waals surface area contributed by atoms with Crippen molar-refractivity contribution in [2.45, 2.75) is 26.3 Å². The number of benzene rings is 2. The largest absolute Gasteiger partial charge is 0.493 e. The second-order valence-corrected chi connectivity index (χ2v) is 8.90. The van der Waals surface area contributed by atoms with Crippen molar-refractivity contribution in [3.8, 4) is 11.5 Å². The fraction of sp³-hybridized carbons (Fsp3) is 0.250. The van der Waals surface area contributed by atoms with Crippen LogP contribution in [0.2, 0.25) is 0 Å². The molecule has 1 aliphatic heterocycles. The van der Waals surface area contributed by atoms with E-state index in [9.17, 15) is 9.59 Å². The Labute approximate surface area is 203 Å². The van der Waals surface area contributed by atoms with Crippen molar-refractivity contribution < 1.29 is 14.3 Å². The maximum absolute atomic E-state index is 13.7. The number of ether oxygens (including phenoxy) is 2. The summed E-state index contributed by atoms with van der Waals surface area (Å²) in [5, 5.41) is 0.929. The maximum atomic E-state index is 13.7. The summed E-state index contributed by atoms with van der Waals surface area (Å²) in [6, 6.07) is 12.7. The number of hydrogen-bond donors (Lipinski definition) is 1. The molecule has 1 amide bonds. The molecule has 0 saturated heterocycles. The van der Waals surface area contributed by atoms with Crippen molar-refractivity contribution in [1.29, 1.82) is 0 Å². The molecule has 0 saturated carbocycles. The molecule has 35 heavy (non-hydrogen) atoms. The van der Waals surface area contributed by atoms with Crippen molar-refractivity contribution >= 4 is 16.8 Å². The van der Waals surface area contributed by atoms with Gasteiger partial charge in [-0.3, -0.25) is 14.6 Å². The van der Waals surface area contributed by atoms with Gasteiger partial charge in [-0.15, -0.1) is 0 Å². The minimum atomic E-state index is -0.597. The minimum absolute atomic E-state index is 0.177. The van der Waals surface area contributed by atoms with Crippen molar-refractivity contribution in [1.82, 2.24) is 14.9 Å². The van der Waals surface area contributed by atoms with Crippen LogP contribution in [0.15, 0.2) is 59.7 Å². The first-order valence-electron chi connectivity index (χ1n) is 11.5. The van der Waals surface area contributed by atoms with Crippen LogP contribution in [0, 0.1) is 13.8 Å². The fourth-order valence-corrected chi connectivity index (χ4v) is 5.06. The van der Waals surface area contributed by atoms with Gasteiger partial charge in [-0.25, -0.2) is 0 Å². The summed E-state index contributed by atoms with van der Waals surface area (Å²) in [7, 11) is 3.18. The van der Waals surface area contributed by atoms with Crippen molar-refractivity contribution in [3.05, 3.63) is 98.6 Å². The monoisotopic (exact) mass is 469 g/mol. The van der Waals surface area contributed by atoms with Crippen LogP contribution in [0.3, 0.4) is 0 Å². The summed E-state index contributed by atoms with van der Waals surface area (Å²) in [6.07, 6.45) is 3.82. The molecule has 0 fully saturated rings. The standard InChI is InChI=1S/C28H27N3O4/c1-16-10-17(2)25-20(11-16)12-22(27(32)30-25)26-21-14-24(35-4)23(34-3)13-18(21)7-9-31(26)28(33)19-6-5-8-29-15-19/h5-6,8,10-15,26H,7,9H2,1-4H3,(H,30,32)/t26-/m1/s1. The number of carbonyl (C=O) groups is 1. The van der Waals surface area contributed by atoms with E-state index in [1.807, 2.05) is 44.2 Å². The lowest BCUT2D eigenvalue weighted by Crippen LogP contribution is -2.42. The van der Waals surface area contributed by atoms with Gasteiger partial charge < -0.3 is 19.4 Å². The Morgan fingerprint density at radius 2 is 1.83 bits per heavy atom. The van der Waals surface area contributed by atoms with Crippen molar-refractivity contribution in [3.63, 3.8) is 0 Å². The van der Waals surface area contributed by atoms with E-state index in [4.69, 9.17) is 9.47 Å². The van der Waals surface area contributed by atoms with Crippen molar-refractivity contribution in [2.75, 3.05) is 20.8 Å². The quantitative estimate of drug-likeness (QED) is 0.481. The van der Waals surface area contributed by atoms with Gasteiger partial charge in [0.25, 0.3) is 11.5 Å². The molecule has 0 aliphatic carbocycles. The molecule has 0 bridgehead atoms. The Morgan fingerprint density at radius 3 is 2.54 bits per heavy atom. The van der Waals surface area contributed by atoms with Gasteiger partial charge in [0.1, 0.15) is 0 Å². The average molecular weight is 470 g/mol. The van der Waals surface area contributed by atoms with Crippen LogP contribution in [0.1, 0.15) is 44.2 Å². The van der Waals surface area contributed by atoms with E-state index in [0.29, 0.717) is 35.6 Å². The van der Waals surface area contributed by atoms with Gasteiger partial charge in [0, 0.05) is 24.5 Å². The highest BCUT2D eigenvalue weighted by atomic mass is 16.5. The number of methoxy groups -OCH3 is 2. The fourth-order valence-electron chi connectivity index (χ4n) is 5.06. The Morgan fingerprint density at radius 1 is 1.06 bits per heavy atom. The predicted octanol–water partition coefficient (Wildman–Crippen LogP) is 4.35. The number of nitrogens with zero attached hydrogens (tertiary/aromatic N) is 2. The number of nitrogens with one attached hydrogen (secondary N) is 1. The van der Waals surface area contributed by atoms with Crippen LogP contribution in [0.5, 0.6) is 11.5 Å². The molecule has 1 N–H and O–H groups in total. The third-order valence-corrected chi connectivity index (χ3v) is 6.66. The topological polar surface area (TPSA) is 84.5 Å². The first-order chi connectivity index (χ1) is 16.9. The van der Waals surface area contributed by atoms with Gasteiger partial charge in [-0.2, -0.15) is 0 Å². The molecule has 1 aliphatic rings. The normalized spacial score (nSPS) is 15.1. The lowest BCUT2D eigenvalue weighted by molar-refractivity contribution is 0.0693. The molecular formula is C28H27N3O4. The molecule has 7 heteroatoms. The number of aryl methyl sites for hydroxylation is 2. The lowest BCUT2D eigenvalue weighted by atomic mass is 9.87. The molecular weight excluding hydrogens is 442 g/mol. The lowest BCUT2D eigenvalue weighted by Gasteiger charge is -2.38. The Balaban J connectivity index is 1.76. The van der Waals surface area contributed by atoms with Crippen LogP contribution in [0.25, 0.3) is 10.9 Å². The van der Waals surface area contributed by atoms with E-state index in [0.717, 1.165) is 33.2 Å². The maximum Gasteiger partial charge on any atom is 0.256 e. The molecule has 0 spiro atoms. The number of hydrogen-bond acceptors (Lipinski definition) is 5. The predicted molar refractivity (Wildman–Crippen MR) is 134 cm³/mol. The van der Waals surface area contributed by atoms with Gasteiger partial charge in [0.2, 0.25) is 0 Å². The van der Waals surface area contributed by atoms with Gasteiger partial charge >= 0.3 is 0 Å². The molecule has 3 heterocycles. The molecule has 7 nitrogen and oxygen atoms in total. The molecule has 5 rings (SSSR count). The smallest absolute Gasteiger partial charge is 0.256 e. The zero-order valence-corrected chi connectivity index (χ0v) is 20.2. The highest BCUT2D eigenvalue weighted by molar-refractivity contribution is 5.95. The first-order valence-corrected chi connectivity index (χ1v) is 11.5. The third-order valence-electron chi connectivity index (χ3n) is 6.66. The number of H-pyrrole nitrogens is 1. The number of fused-ring (bicyclic) bond motifs is 2. The number of aromatic nitrogens is 2. The summed E-state index contributed by atoms with van der Waals surface area (Å²) in [5.74, 6) is 0.995. The van der Waals surface area contributed by atoms with Gasteiger partial charge in [0.15, 0.2) is 11.5 Å². The van der Waals surface area contributed by atoms with E-state index in [1.165, 1.54) is 0 Å². The zero-order valence-electron chi connectivity index (χ0n) is 20.2. The SMILES string of the molecule is COc1cc2c(cc1OC)[C@H](c1cc3cc(C)cc(C)c3[nH]c1=O)N(C(=O)c1cccnc1)CC2. The van der Waals surface area contributed by atoms with E-state index < -0.39 is 6.04 Å². The van der Waals surface area contributed by atoms with Crippen LogP contribution in [-0.2, 0) is 6.42 Å². The minimum Gasteiger partial charge on any atom is -0.493 e. The number of amides is 1. The van der Waals surface area contributed by atoms with E-state index in [2.05, 4.69) is 9.97 Å². The van der Waals surface area contributed by atoms with E-state index in [1.54, 1.807) is 43.6 Å². The van der Waals surface area contributed by atoms with E-state index >= 15 is 0 Å². The molecule has 0 unspecified atom stereocenters. The number of pyridine rings is 2. The summed E-state index contributed by atoms with van der Waals surface area (Å²) >= 11 is 0. The highest BCUT2D eigenvalue weighted by Gasteiger charge is 2.35. The van der Waals surface area contributed by atoms with Gasteiger partial charge in [0.05, 0.1) is 31.3 Å². The Bertz CT molecular complexity index is 1490. The van der Waals surface area contributed by atoms with Crippen LogP contribution < -0.4 is 15.0 Å². The van der Waals surface area contributed by atoms with Crippen molar-refractivity contribution in [2.24, 2.45) is 0 Å². The van der Waals surface area contributed by atoms with Crippen LogP contribution in [-0.4, -0.2) is 41.5 Å². The molecule has 2 aromatic carbocycles. The highest BCUT2D eigenvalue weighted by Crippen LogP contribution is 2.41. The molecule has 1 atom stereocenters. The Kier molecular flexibility index (Phi) is 5.76. The van der Waals surface area contributed by atoms with Crippen LogP contribution >= 0.6 is 0 Å².